The minimum Gasteiger partial charge on any atom is -0.486 e. The van der Waals surface area contributed by atoms with Crippen molar-refractivity contribution in [2.24, 2.45) is 5.92 Å². The molecule has 0 aliphatic carbocycles. The van der Waals surface area contributed by atoms with Gasteiger partial charge in [-0.05, 0) is 32.0 Å². The molecule has 0 bridgehead atoms. The van der Waals surface area contributed by atoms with Crippen LogP contribution in [0, 0.1) is 5.92 Å². The maximum Gasteiger partial charge on any atom is 0.427 e. The van der Waals surface area contributed by atoms with Crippen LogP contribution in [0.3, 0.4) is 0 Å². The van der Waals surface area contributed by atoms with Crippen molar-refractivity contribution in [3.8, 4) is 5.75 Å². The lowest BCUT2D eigenvalue weighted by Gasteiger charge is -2.31. The number of carboxylic acid groups (broad SMARTS) is 1. The van der Waals surface area contributed by atoms with Gasteiger partial charge < -0.3 is 19.9 Å². The van der Waals surface area contributed by atoms with Gasteiger partial charge in [0.05, 0.1) is 18.7 Å². The van der Waals surface area contributed by atoms with Crippen LogP contribution in [0.1, 0.15) is 27.2 Å². The van der Waals surface area contributed by atoms with Crippen LogP contribution in [0.25, 0.3) is 0 Å². The fourth-order valence-corrected chi connectivity index (χ4v) is 2.42. The number of halogens is 3. The number of carbonyl (C=O) groups is 2. The van der Waals surface area contributed by atoms with Crippen LogP contribution in [0.4, 0.5) is 29.3 Å². The second-order valence-electron chi connectivity index (χ2n) is 6.85. The summed E-state index contributed by atoms with van der Waals surface area (Å²) < 4.78 is 48.5. The maximum atomic E-state index is 12.8. The molecule has 0 radical (unpaired) electrons. The van der Waals surface area contributed by atoms with Gasteiger partial charge in [0.2, 0.25) is 5.60 Å². The summed E-state index contributed by atoms with van der Waals surface area (Å²) in [5.74, 6) is -0.685. The molecule has 0 spiro atoms. The second kappa shape index (κ2) is 7.53. The molecule has 0 aromatic heterocycles. The van der Waals surface area contributed by atoms with Gasteiger partial charge in [-0.3, -0.25) is 10.1 Å². The molecule has 3 N–H and O–H groups in total. The molecular formula is C17H21F3N2O5. The Morgan fingerprint density at radius 3 is 2.67 bits per heavy atom. The normalized spacial score (nSPS) is 17.8. The molecule has 0 saturated carbocycles. The predicted molar refractivity (Wildman–Crippen MR) is 91.0 cm³/mol. The van der Waals surface area contributed by atoms with E-state index in [1.165, 1.54) is 18.2 Å². The number of benzene rings is 1. The van der Waals surface area contributed by atoms with E-state index in [9.17, 15) is 22.8 Å². The lowest BCUT2D eigenvalue weighted by molar-refractivity contribution is -0.242. The molecule has 27 heavy (non-hydrogen) atoms. The number of alkyl halides is 3. The molecule has 10 heteroatoms. The summed E-state index contributed by atoms with van der Waals surface area (Å²) in [4.78, 5) is 22.6. The fourth-order valence-electron chi connectivity index (χ4n) is 2.42. The first kappa shape index (κ1) is 20.7. The Labute approximate surface area is 153 Å². The van der Waals surface area contributed by atoms with Gasteiger partial charge in [-0.1, -0.05) is 6.92 Å². The van der Waals surface area contributed by atoms with Gasteiger partial charge in [0.25, 0.3) is 0 Å². The van der Waals surface area contributed by atoms with Crippen molar-refractivity contribution in [3.63, 3.8) is 0 Å². The van der Waals surface area contributed by atoms with Crippen LogP contribution in [0.15, 0.2) is 18.2 Å². The SMILES string of the molecule is C[C@@H](CC(=O)O)[C@H]1CNc2cc(NC(=O)OC(C)(C)C(F)(F)F)ccc2O1. The Kier molecular flexibility index (Phi) is 5.76. The zero-order valence-corrected chi connectivity index (χ0v) is 15.0. The average molecular weight is 390 g/mol. The number of carbonyl (C=O) groups excluding carboxylic acids is 1. The molecular weight excluding hydrogens is 369 g/mol. The first-order valence-corrected chi connectivity index (χ1v) is 8.22. The summed E-state index contributed by atoms with van der Waals surface area (Å²) in [5.41, 5.74) is -1.87. The fraction of sp³-hybridized carbons (Fsp3) is 0.529. The third-order valence-electron chi connectivity index (χ3n) is 4.16. The first-order valence-electron chi connectivity index (χ1n) is 8.22. The van der Waals surface area contributed by atoms with Gasteiger partial charge in [-0.2, -0.15) is 13.2 Å². The quantitative estimate of drug-likeness (QED) is 0.707. The topological polar surface area (TPSA) is 96.9 Å². The van der Waals surface area contributed by atoms with E-state index >= 15 is 0 Å². The molecule has 0 unspecified atom stereocenters. The molecule has 1 aromatic carbocycles. The van der Waals surface area contributed by atoms with Gasteiger partial charge in [-0.15, -0.1) is 0 Å². The number of amides is 1. The zero-order valence-electron chi connectivity index (χ0n) is 15.0. The molecule has 1 amide bonds. The smallest absolute Gasteiger partial charge is 0.427 e. The lowest BCUT2D eigenvalue weighted by atomic mass is 9.99. The van der Waals surface area contributed by atoms with Crippen LogP contribution >= 0.6 is 0 Å². The molecule has 2 atom stereocenters. The molecule has 7 nitrogen and oxygen atoms in total. The Hall–Kier alpha value is -2.65. The van der Waals surface area contributed by atoms with Gasteiger partial charge >= 0.3 is 18.2 Å². The first-order chi connectivity index (χ1) is 12.4. The van der Waals surface area contributed by atoms with Crippen LogP contribution in [0.2, 0.25) is 0 Å². The van der Waals surface area contributed by atoms with E-state index in [0.717, 1.165) is 13.8 Å². The van der Waals surface area contributed by atoms with Gasteiger partial charge in [0.15, 0.2) is 0 Å². The monoisotopic (exact) mass is 390 g/mol. The van der Waals surface area contributed by atoms with Gasteiger partial charge in [0.1, 0.15) is 11.9 Å². The van der Waals surface area contributed by atoms with E-state index in [-0.39, 0.29) is 24.1 Å². The number of rotatable bonds is 5. The molecule has 0 saturated heterocycles. The van der Waals surface area contributed by atoms with Crippen molar-refractivity contribution >= 4 is 23.4 Å². The van der Waals surface area contributed by atoms with E-state index in [0.29, 0.717) is 18.0 Å². The largest absolute Gasteiger partial charge is 0.486 e. The zero-order chi connectivity index (χ0) is 20.4. The molecule has 150 valence electrons. The van der Waals surface area contributed by atoms with Crippen LogP contribution < -0.4 is 15.4 Å². The summed E-state index contributed by atoms with van der Waals surface area (Å²) in [6, 6.07) is 4.48. The lowest BCUT2D eigenvalue weighted by Crippen LogP contribution is -2.44. The minimum atomic E-state index is -4.70. The molecule has 1 heterocycles. The Morgan fingerprint density at radius 1 is 1.41 bits per heavy atom. The summed E-state index contributed by atoms with van der Waals surface area (Å²) in [6.07, 6.45) is -6.31. The Balaban J connectivity index is 2.01. The summed E-state index contributed by atoms with van der Waals surface area (Å²) in [7, 11) is 0. The number of hydrogen-bond donors (Lipinski definition) is 3. The minimum absolute atomic E-state index is 0.0395. The maximum absolute atomic E-state index is 12.8. The van der Waals surface area contributed by atoms with E-state index in [1.807, 2.05) is 0 Å². The Bertz CT molecular complexity index is 721. The van der Waals surface area contributed by atoms with Crippen molar-refractivity contribution in [1.29, 1.82) is 0 Å². The highest BCUT2D eigenvalue weighted by molar-refractivity contribution is 5.86. The van der Waals surface area contributed by atoms with E-state index < -0.39 is 23.8 Å². The number of hydrogen-bond acceptors (Lipinski definition) is 5. The highest BCUT2D eigenvalue weighted by Gasteiger charge is 2.51. The molecule has 1 aromatic rings. The third kappa shape index (κ3) is 5.18. The summed E-state index contributed by atoms with van der Waals surface area (Å²) in [6.45, 7) is 3.64. The third-order valence-corrected chi connectivity index (χ3v) is 4.16. The van der Waals surface area contributed by atoms with Gasteiger partial charge in [-0.25, -0.2) is 4.79 Å². The highest BCUT2D eigenvalue weighted by Crippen LogP contribution is 2.35. The average Bonchev–Trinajstić information content (AvgIpc) is 2.51. The Morgan fingerprint density at radius 2 is 2.07 bits per heavy atom. The number of ether oxygens (including phenoxy) is 2. The number of nitrogens with one attached hydrogen (secondary N) is 2. The molecule has 1 aliphatic rings. The summed E-state index contributed by atoms with van der Waals surface area (Å²) >= 11 is 0. The van der Waals surface area contributed by atoms with E-state index in [1.54, 1.807) is 6.92 Å². The van der Waals surface area contributed by atoms with Crippen molar-refractivity contribution < 1.29 is 37.3 Å². The van der Waals surface area contributed by atoms with Crippen molar-refractivity contribution in [2.75, 3.05) is 17.2 Å². The van der Waals surface area contributed by atoms with Gasteiger partial charge in [0, 0.05) is 11.6 Å². The van der Waals surface area contributed by atoms with Crippen molar-refractivity contribution in [1.82, 2.24) is 0 Å². The molecule has 0 fully saturated rings. The number of aliphatic carboxylic acids is 1. The second-order valence-corrected chi connectivity index (χ2v) is 6.85. The van der Waals surface area contributed by atoms with Crippen LogP contribution in [-0.4, -0.2) is 41.6 Å². The van der Waals surface area contributed by atoms with E-state index in [2.05, 4.69) is 15.4 Å². The van der Waals surface area contributed by atoms with Crippen molar-refractivity contribution in [2.45, 2.75) is 45.1 Å². The van der Waals surface area contributed by atoms with Crippen LogP contribution in [-0.2, 0) is 9.53 Å². The molecule has 1 aliphatic heterocycles. The standard InChI is InChI=1S/C17H21F3N2O5/c1-9(6-14(23)24)13-8-21-11-7-10(4-5-12(11)26-13)22-15(25)27-16(2,3)17(18,19)20/h4-5,7,9,13,21H,6,8H2,1-3H3,(H,22,25)(H,23,24)/t9-,13+/m0/s1. The predicted octanol–water partition coefficient (Wildman–Crippen LogP) is 3.86. The van der Waals surface area contributed by atoms with Crippen molar-refractivity contribution in [3.05, 3.63) is 18.2 Å². The number of anilines is 2. The number of fused-ring (bicyclic) bond motifs is 1. The molecule has 2 rings (SSSR count). The summed E-state index contributed by atoms with van der Waals surface area (Å²) in [5, 5.41) is 14.2. The van der Waals surface area contributed by atoms with E-state index in [4.69, 9.17) is 9.84 Å². The number of carboxylic acids is 1. The van der Waals surface area contributed by atoms with Crippen LogP contribution in [0.5, 0.6) is 5.75 Å². The highest BCUT2D eigenvalue weighted by atomic mass is 19.4.